The molecule has 1 aromatic carbocycles. The van der Waals surface area contributed by atoms with Gasteiger partial charge in [-0.2, -0.15) is 0 Å². The van der Waals surface area contributed by atoms with Gasteiger partial charge in [0.2, 0.25) is 0 Å². The van der Waals surface area contributed by atoms with Crippen molar-refractivity contribution in [3.63, 3.8) is 0 Å². The average Bonchev–Trinajstić information content (AvgIpc) is 3.24. The van der Waals surface area contributed by atoms with Crippen molar-refractivity contribution in [2.45, 2.75) is 25.8 Å². The first-order chi connectivity index (χ1) is 14.2. The Kier molecular flexibility index (Phi) is 6.59. The van der Waals surface area contributed by atoms with E-state index in [1.165, 1.54) is 24.3 Å². The summed E-state index contributed by atoms with van der Waals surface area (Å²) in [5, 5.41) is 20.4. The van der Waals surface area contributed by atoms with Crippen molar-refractivity contribution >= 4 is 63.5 Å². The van der Waals surface area contributed by atoms with E-state index in [4.69, 9.17) is 28.2 Å². The lowest BCUT2D eigenvalue weighted by Gasteiger charge is -2.22. The molecule has 8 nitrogen and oxygen atoms in total. The molecule has 1 aliphatic heterocycles. The second-order valence-electron chi connectivity index (χ2n) is 6.32. The maximum Gasteiger partial charge on any atom is 0.326 e. The van der Waals surface area contributed by atoms with E-state index in [9.17, 15) is 24.8 Å². The molecule has 0 spiro atoms. The number of rotatable bonds is 7. The summed E-state index contributed by atoms with van der Waals surface area (Å²) >= 11 is 12.3. The van der Waals surface area contributed by atoms with Gasteiger partial charge in [-0.25, -0.2) is 4.79 Å². The van der Waals surface area contributed by atoms with Crippen LogP contribution in [0.4, 0.5) is 5.69 Å². The van der Waals surface area contributed by atoms with Gasteiger partial charge in [-0.1, -0.05) is 48.9 Å². The van der Waals surface area contributed by atoms with Crippen molar-refractivity contribution in [2.75, 3.05) is 0 Å². The Morgan fingerprint density at radius 2 is 2.17 bits per heavy atom. The summed E-state index contributed by atoms with van der Waals surface area (Å²) in [5.41, 5.74) is 0.322. The van der Waals surface area contributed by atoms with Gasteiger partial charge in [0.1, 0.15) is 21.9 Å². The molecule has 1 atom stereocenters. The topological polar surface area (TPSA) is 114 Å². The van der Waals surface area contributed by atoms with Crippen LogP contribution in [0.5, 0.6) is 0 Å². The number of carbonyl (C=O) groups excluding carboxylic acids is 1. The van der Waals surface area contributed by atoms with Crippen molar-refractivity contribution in [3.8, 4) is 11.3 Å². The number of nitro groups is 1. The SMILES string of the molecule is CCCC(C(=O)O)N1C(=O)C(=Cc2ccc(-c3ccc([N+](=O)[O-])cc3Cl)o2)SC1=S. The van der Waals surface area contributed by atoms with Crippen LogP contribution in [0.15, 0.2) is 39.7 Å². The van der Waals surface area contributed by atoms with Crippen molar-refractivity contribution in [3.05, 3.63) is 56.1 Å². The highest BCUT2D eigenvalue weighted by molar-refractivity contribution is 8.26. The van der Waals surface area contributed by atoms with Crippen LogP contribution in [0.3, 0.4) is 0 Å². The molecule has 0 radical (unpaired) electrons. The number of hydrogen-bond acceptors (Lipinski definition) is 7. The lowest BCUT2D eigenvalue weighted by atomic mass is 10.1. The first-order valence-electron chi connectivity index (χ1n) is 8.77. The van der Waals surface area contributed by atoms with E-state index in [1.54, 1.807) is 12.1 Å². The minimum atomic E-state index is -1.11. The molecular weight excluding hydrogens is 452 g/mol. The number of nitrogens with zero attached hydrogens (tertiary/aromatic N) is 2. The molecule has 11 heteroatoms. The lowest BCUT2D eigenvalue weighted by molar-refractivity contribution is -0.384. The first-order valence-corrected chi connectivity index (χ1v) is 10.4. The van der Waals surface area contributed by atoms with E-state index in [0.29, 0.717) is 29.9 Å². The van der Waals surface area contributed by atoms with Gasteiger partial charge in [-0.15, -0.1) is 0 Å². The molecule has 156 valence electrons. The minimum absolute atomic E-state index is 0.140. The van der Waals surface area contributed by atoms with Gasteiger partial charge >= 0.3 is 5.97 Å². The predicted octanol–water partition coefficient (Wildman–Crippen LogP) is 4.96. The maximum absolute atomic E-state index is 12.7. The molecule has 2 aromatic rings. The number of benzene rings is 1. The quantitative estimate of drug-likeness (QED) is 0.263. The average molecular weight is 467 g/mol. The van der Waals surface area contributed by atoms with Crippen LogP contribution in [0, 0.1) is 10.1 Å². The van der Waals surface area contributed by atoms with E-state index >= 15 is 0 Å². The summed E-state index contributed by atoms with van der Waals surface area (Å²) in [6, 6.07) is 6.24. The van der Waals surface area contributed by atoms with Crippen LogP contribution in [0.2, 0.25) is 5.02 Å². The Labute approximate surface area is 185 Å². The van der Waals surface area contributed by atoms with Crippen LogP contribution < -0.4 is 0 Å². The van der Waals surface area contributed by atoms with Gasteiger partial charge in [-0.05, 0) is 24.6 Å². The third-order valence-corrected chi connectivity index (χ3v) is 5.95. The maximum atomic E-state index is 12.7. The van der Waals surface area contributed by atoms with Crippen molar-refractivity contribution in [1.29, 1.82) is 0 Å². The van der Waals surface area contributed by atoms with Gasteiger partial charge in [-0.3, -0.25) is 19.8 Å². The zero-order valence-electron chi connectivity index (χ0n) is 15.5. The molecule has 1 aromatic heterocycles. The van der Waals surface area contributed by atoms with Crippen LogP contribution in [-0.2, 0) is 9.59 Å². The van der Waals surface area contributed by atoms with Crippen LogP contribution in [0.25, 0.3) is 17.4 Å². The fourth-order valence-corrected chi connectivity index (χ4v) is 4.51. The number of carbonyl (C=O) groups is 2. The normalized spacial score (nSPS) is 16.3. The van der Waals surface area contributed by atoms with Gasteiger partial charge in [0.05, 0.1) is 14.9 Å². The van der Waals surface area contributed by atoms with Gasteiger partial charge < -0.3 is 9.52 Å². The second kappa shape index (κ2) is 8.99. The number of amides is 1. The predicted molar refractivity (Wildman–Crippen MR) is 117 cm³/mol. The molecule has 3 rings (SSSR count). The monoisotopic (exact) mass is 466 g/mol. The third kappa shape index (κ3) is 4.40. The standard InChI is InChI=1S/C19H15ClN2O6S2/c1-2-3-14(18(24)25)21-17(23)16(30-19(21)29)9-11-5-7-15(28-11)12-6-4-10(22(26)27)8-13(12)20/h4-9,14H,2-3H2,1H3,(H,24,25). The van der Waals surface area contributed by atoms with E-state index in [-0.39, 0.29) is 19.9 Å². The molecule has 1 aliphatic rings. The number of carboxylic acid groups (broad SMARTS) is 1. The van der Waals surface area contributed by atoms with E-state index in [1.807, 2.05) is 6.92 Å². The first kappa shape index (κ1) is 22.0. The van der Waals surface area contributed by atoms with Crippen molar-refractivity contribution < 1.29 is 24.0 Å². The fraction of sp³-hybridized carbons (Fsp3) is 0.211. The largest absolute Gasteiger partial charge is 0.480 e. The number of furan rings is 1. The van der Waals surface area contributed by atoms with E-state index in [2.05, 4.69) is 0 Å². The Morgan fingerprint density at radius 3 is 2.77 bits per heavy atom. The van der Waals surface area contributed by atoms with Crippen molar-refractivity contribution in [1.82, 2.24) is 4.90 Å². The number of carboxylic acids is 1. The van der Waals surface area contributed by atoms with Gasteiger partial charge in [0.25, 0.3) is 11.6 Å². The number of nitro benzene ring substituents is 1. The number of non-ortho nitro benzene ring substituents is 1. The third-order valence-electron chi connectivity index (χ3n) is 4.31. The molecule has 1 saturated heterocycles. The number of aliphatic carboxylic acids is 1. The molecule has 0 bridgehead atoms. The molecule has 1 unspecified atom stereocenters. The number of thiocarbonyl (C=S) groups is 1. The van der Waals surface area contributed by atoms with Crippen LogP contribution >= 0.6 is 35.6 Å². The summed E-state index contributed by atoms with van der Waals surface area (Å²) in [6.07, 6.45) is 2.36. The van der Waals surface area contributed by atoms with E-state index in [0.717, 1.165) is 16.7 Å². The van der Waals surface area contributed by atoms with E-state index < -0.39 is 22.8 Å². The summed E-state index contributed by atoms with van der Waals surface area (Å²) in [6.45, 7) is 1.83. The summed E-state index contributed by atoms with van der Waals surface area (Å²) in [7, 11) is 0. The number of hydrogen-bond donors (Lipinski definition) is 1. The molecular formula is C19H15ClN2O6S2. The smallest absolute Gasteiger partial charge is 0.326 e. The summed E-state index contributed by atoms with van der Waals surface area (Å²) in [4.78, 5) is 35.9. The molecule has 1 amide bonds. The lowest BCUT2D eigenvalue weighted by Crippen LogP contribution is -2.43. The van der Waals surface area contributed by atoms with Gasteiger partial charge in [0.15, 0.2) is 0 Å². The summed E-state index contributed by atoms with van der Waals surface area (Å²) in [5.74, 6) is -0.895. The highest BCUT2D eigenvalue weighted by Gasteiger charge is 2.40. The Morgan fingerprint density at radius 1 is 1.43 bits per heavy atom. The number of thioether (sulfide) groups is 1. The second-order valence-corrected chi connectivity index (χ2v) is 8.40. The zero-order chi connectivity index (χ0) is 22.0. The van der Waals surface area contributed by atoms with Crippen LogP contribution in [0.1, 0.15) is 25.5 Å². The summed E-state index contributed by atoms with van der Waals surface area (Å²) < 4.78 is 5.89. The molecule has 30 heavy (non-hydrogen) atoms. The highest BCUT2D eigenvalue weighted by atomic mass is 35.5. The highest BCUT2D eigenvalue weighted by Crippen LogP contribution is 2.37. The Hall–Kier alpha value is -2.69. The van der Waals surface area contributed by atoms with Gasteiger partial charge in [0, 0.05) is 23.8 Å². The molecule has 1 fully saturated rings. The molecule has 2 heterocycles. The molecule has 0 saturated carbocycles. The Bertz CT molecular complexity index is 1080. The van der Waals surface area contributed by atoms with Crippen LogP contribution in [-0.4, -0.2) is 37.2 Å². The molecule has 0 aliphatic carbocycles. The fourth-order valence-electron chi connectivity index (χ4n) is 2.91. The van der Waals surface area contributed by atoms with Crippen molar-refractivity contribution in [2.24, 2.45) is 0 Å². The zero-order valence-corrected chi connectivity index (χ0v) is 17.9. The number of halogens is 1. The Balaban J connectivity index is 1.86. The minimum Gasteiger partial charge on any atom is -0.480 e. The molecule has 1 N–H and O–H groups in total.